The van der Waals surface area contributed by atoms with E-state index in [2.05, 4.69) is 10.00 Å². The van der Waals surface area contributed by atoms with Crippen molar-refractivity contribution in [2.24, 2.45) is 0 Å². The minimum Gasteiger partial charge on any atom is -0.383 e. The summed E-state index contributed by atoms with van der Waals surface area (Å²) in [5.41, 5.74) is -0.0154. The number of methoxy groups -OCH3 is 1. The minimum absolute atomic E-state index is 0.0154. The van der Waals surface area contributed by atoms with Crippen LogP contribution >= 0.6 is 0 Å². The van der Waals surface area contributed by atoms with Gasteiger partial charge in [-0.25, -0.2) is 9.48 Å². The molecule has 0 unspecified atom stereocenters. The Morgan fingerprint density at radius 1 is 1.17 bits per heavy atom. The molecule has 1 fully saturated rings. The van der Waals surface area contributed by atoms with Gasteiger partial charge in [0, 0.05) is 32.7 Å². The molecule has 0 saturated carbocycles. The number of ether oxygens (including phenoxy) is 2. The van der Waals surface area contributed by atoms with Gasteiger partial charge in [-0.1, -0.05) is 0 Å². The molecule has 2 heterocycles. The lowest BCUT2D eigenvalue weighted by Crippen LogP contribution is -2.36. The zero-order chi connectivity index (χ0) is 16.7. The van der Waals surface area contributed by atoms with E-state index in [0.29, 0.717) is 25.6 Å². The summed E-state index contributed by atoms with van der Waals surface area (Å²) in [6, 6.07) is 0. The fourth-order valence-electron chi connectivity index (χ4n) is 3.13. The van der Waals surface area contributed by atoms with Gasteiger partial charge >= 0.3 is 5.69 Å². The van der Waals surface area contributed by atoms with E-state index in [4.69, 9.17) is 9.47 Å². The lowest BCUT2D eigenvalue weighted by molar-refractivity contribution is 0.101. The highest BCUT2D eigenvalue weighted by molar-refractivity contribution is 5.00. The van der Waals surface area contributed by atoms with Crippen LogP contribution in [0.1, 0.15) is 38.4 Å². The predicted octanol–water partition coefficient (Wildman–Crippen LogP) is 0.927. The number of hydrogen-bond acceptors (Lipinski definition) is 5. The van der Waals surface area contributed by atoms with Crippen molar-refractivity contribution in [1.82, 2.24) is 19.2 Å². The number of hydrogen-bond donors (Lipinski definition) is 0. The second-order valence-corrected chi connectivity index (χ2v) is 5.91. The van der Waals surface area contributed by atoms with Gasteiger partial charge in [-0.3, -0.25) is 4.57 Å². The Bertz CT molecular complexity index is 518. The molecule has 0 bridgehead atoms. The average Bonchev–Trinajstić information content (AvgIpc) is 2.89. The first-order valence-corrected chi connectivity index (χ1v) is 8.67. The van der Waals surface area contributed by atoms with Crippen molar-refractivity contribution in [1.29, 1.82) is 0 Å². The van der Waals surface area contributed by atoms with Crippen molar-refractivity contribution < 1.29 is 9.47 Å². The Balaban J connectivity index is 1.98. The molecule has 0 atom stereocenters. The van der Waals surface area contributed by atoms with Gasteiger partial charge < -0.3 is 14.4 Å². The summed E-state index contributed by atoms with van der Waals surface area (Å²) in [6.45, 7) is 10.4. The maximum absolute atomic E-state index is 12.4. The van der Waals surface area contributed by atoms with Gasteiger partial charge in [-0.05, 0) is 39.8 Å². The fraction of sp³-hybridized carbons (Fsp3) is 0.875. The summed E-state index contributed by atoms with van der Waals surface area (Å²) < 4.78 is 13.8. The Morgan fingerprint density at radius 2 is 1.91 bits per heavy atom. The SMILES string of the molecule is CCOCCN1CCC(c2nn(CCOC)c(=O)n2CC)CC1. The molecule has 0 radical (unpaired) electrons. The van der Waals surface area contributed by atoms with Crippen molar-refractivity contribution in [3.05, 3.63) is 16.3 Å². The summed E-state index contributed by atoms with van der Waals surface area (Å²) in [7, 11) is 1.64. The van der Waals surface area contributed by atoms with Gasteiger partial charge in [0.1, 0.15) is 5.82 Å². The van der Waals surface area contributed by atoms with Crippen molar-refractivity contribution in [2.45, 2.75) is 45.7 Å². The van der Waals surface area contributed by atoms with E-state index >= 15 is 0 Å². The minimum atomic E-state index is -0.0154. The molecule has 0 aliphatic carbocycles. The van der Waals surface area contributed by atoms with E-state index in [9.17, 15) is 4.79 Å². The zero-order valence-corrected chi connectivity index (χ0v) is 14.7. The molecule has 7 nitrogen and oxygen atoms in total. The smallest absolute Gasteiger partial charge is 0.345 e. The maximum Gasteiger partial charge on any atom is 0.345 e. The Kier molecular flexibility index (Phi) is 7.26. The summed E-state index contributed by atoms with van der Waals surface area (Å²) in [5.74, 6) is 1.31. The molecule has 1 aliphatic rings. The standard InChI is InChI=1S/C16H30N4O3/c1-4-19-15(17-20(16(19)21)11-12-22-3)14-6-8-18(9-7-14)10-13-23-5-2/h14H,4-13H2,1-3H3. The molecule has 7 heteroatoms. The summed E-state index contributed by atoms with van der Waals surface area (Å²) in [6.07, 6.45) is 2.10. The lowest BCUT2D eigenvalue weighted by atomic mass is 9.96. The van der Waals surface area contributed by atoms with Crippen LogP contribution in [0.4, 0.5) is 0 Å². The number of aromatic nitrogens is 3. The van der Waals surface area contributed by atoms with Crippen LogP contribution in [-0.4, -0.2) is 65.8 Å². The van der Waals surface area contributed by atoms with E-state index in [-0.39, 0.29) is 5.69 Å². The molecule has 23 heavy (non-hydrogen) atoms. The molecule has 0 amide bonds. The molecule has 1 aromatic heterocycles. The molecule has 0 N–H and O–H groups in total. The van der Waals surface area contributed by atoms with Gasteiger partial charge in [0.25, 0.3) is 0 Å². The molecule has 2 rings (SSSR count). The summed E-state index contributed by atoms with van der Waals surface area (Å²) in [4.78, 5) is 14.8. The molecule has 1 aliphatic heterocycles. The predicted molar refractivity (Wildman–Crippen MR) is 88.9 cm³/mol. The molecule has 132 valence electrons. The highest BCUT2D eigenvalue weighted by Crippen LogP contribution is 2.26. The number of rotatable bonds is 9. The van der Waals surface area contributed by atoms with Crippen LogP contribution in [0, 0.1) is 0 Å². The third-order valence-corrected chi connectivity index (χ3v) is 4.48. The highest BCUT2D eigenvalue weighted by atomic mass is 16.5. The average molecular weight is 326 g/mol. The van der Waals surface area contributed by atoms with Crippen molar-refractivity contribution in [3.63, 3.8) is 0 Å². The van der Waals surface area contributed by atoms with E-state index < -0.39 is 0 Å². The van der Waals surface area contributed by atoms with Gasteiger partial charge in [-0.2, -0.15) is 5.10 Å². The van der Waals surface area contributed by atoms with Crippen LogP contribution < -0.4 is 5.69 Å². The molecular formula is C16H30N4O3. The second kappa shape index (κ2) is 9.20. The van der Waals surface area contributed by atoms with Gasteiger partial charge in [-0.15, -0.1) is 0 Å². The van der Waals surface area contributed by atoms with Crippen LogP contribution in [0.25, 0.3) is 0 Å². The Morgan fingerprint density at radius 3 is 2.52 bits per heavy atom. The van der Waals surface area contributed by atoms with Crippen LogP contribution in [-0.2, 0) is 22.6 Å². The van der Waals surface area contributed by atoms with Gasteiger partial charge in [0.15, 0.2) is 0 Å². The summed E-state index contributed by atoms with van der Waals surface area (Å²) >= 11 is 0. The number of likely N-dealkylation sites (tertiary alicyclic amines) is 1. The summed E-state index contributed by atoms with van der Waals surface area (Å²) in [5, 5.41) is 4.59. The third kappa shape index (κ3) is 4.65. The largest absolute Gasteiger partial charge is 0.383 e. The normalized spacial score (nSPS) is 17.0. The molecule has 0 aromatic carbocycles. The van der Waals surface area contributed by atoms with E-state index in [1.165, 1.54) is 0 Å². The quantitative estimate of drug-likeness (QED) is 0.632. The van der Waals surface area contributed by atoms with Crippen molar-refractivity contribution in [2.75, 3.05) is 46.6 Å². The molecule has 0 spiro atoms. The first kappa shape index (κ1) is 18.2. The van der Waals surface area contributed by atoms with E-state index in [1.54, 1.807) is 11.8 Å². The van der Waals surface area contributed by atoms with Crippen molar-refractivity contribution in [3.8, 4) is 0 Å². The van der Waals surface area contributed by atoms with Crippen LogP contribution in [0.3, 0.4) is 0 Å². The van der Waals surface area contributed by atoms with Crippen LogP contribution in [0.5, 0.6) is 0 Å². The third-order valence-electron chi connectivity index (χ3n) is 4.48. The second-order valence-electron chi connectivity index (χ2n) is 5.91. The number of nitrogens with zero attached hydrogens (tertiary/aromatic N) is 4. The Labute approximate surface area is 138 Å². The highest BCUT2D eigenvalue weighted by Gasteiger charge is 2.26. The van der Waals surface area contributed by atoms with Gasteiger partial charge in [0.05, 0.1) is 19.8 Å². The lowest BCUT2D eigenvalue weighted by Gasteiger charge is -2.31. The topological polar surface area (TPSA) is 61.5 Å². The maximum atomic E-state index is 12.4. The monoisotopic (exact) mass is 326 g/mol. The number of piperidine rings is 1. The molecule has 1 saturated heterocycles. The van der Waals surface area contributed by atoms with Crippen molar-refractivity contribution >= 4 is 0 Å². The Hall–Kier alpha value is -1.18. The fourth-order valence-corrected chi connectivity index (χ4v) is 3.13. The molecular weight excluding hydrogens is 296 g/mol. The molecule has 1 aromatic rings. The van der Waals surface area contributed by atoms with Crippen LogP contribution in [0.2, 0.25) is 0 Å². The van der Waals surface area contributed by atoms with Crippen LogP contribution in [0.15, 0.2) is 4.79 Å². The van der Waals surface area contributed by atoms with Gasteiger partial charge in [0.2, 0.25) is 0 Å². The van der Waals surface area contributed by atoms with E-state index in [1.807, 2.05) is 18.4 Å². The zero-order valence-electron chi connectivity index (χ0n) is 14.7. The first-order valence-electron chi connectivity index (χ1n) is 8.67. The van der Waals surface area contributed by atoms with E-state index in [0.717, 1.165) is 51.5 Å². The first-order chi connectivity index (χ1) is 11.2.